The number of alkyl halides is 1. The van der Waals surface area contributed by atoms with Gasteiger partial charge < -0.3 is 5.32 Å². The summed E-state index contributed by atoms with van der Waals surface area (Å²) in [7, 11) is 0. The molecule has 0 unspecified atom stereocenters. The number of nitrogens with one attached hydrogen (secondary N) is 1. The number of anilines is 1. The van der Waals surface area contributed by atoms with Crippen LogP contribution in [0.15, 0.2) is 17.1 Å². The average Bonchev–Trinajstić information content (AvgIpc) is 2.40. The second-order valence-electron chi connectivity index (χ2n) is 4.77. The summed E-state index contributed by atoms with van der Waals surface area (Å²) in [6, 6.07) is 3.39. The Labute approximate surface area is 118 Å². The van der Waals surface area contributed by atoms with E-state index >= 15 is 0 Å². The molecule has 19 heavy (non-hydrogen) atoms. The third kappa shape index (κ3) is 1.94. The minimum absolute atomic E-state index is 0.156. The molecule has 0 saturated heterocycles. The van der Waals surface area contributed by atoms with Gasteiger partial charge in [-0.2, -0.15) is 0 Å². The number of benzene rings is 1. The van der Waals surface area contributed by atoms with Gasteiger partial charge in [-0.1, -0.05) is 22.0 Å². The lowest BCUT2D eigenvalue weighted by atomic mass is 10.0. The van der Waals surface area contributed by atoms with Crippen LogP contribution in [0.3, 0.4) is 0 Å². The molecule has 1 aromatic carbocycles. The van der Waals surface area contributed by atoms with Gasteiger partial charge in [0.25, 0.3) is 0 Å². The number of amides is 2. The van der Waals surface area contributed by atoms with Gasteiger partial charge in [0.05, 0.1) is 11.7 Å². The quantitative estimate of drug-likeness (QED) is 0.792. The molecule has 0 saturated carbocycles. The minimum atomic E-state index is -0.386. The predicted octanol–water partition coefficient (Wildman–Crippen LogP) is 3.11. The first-order chi connectivity index (χ1) is 9.11. The van der Waals surface area contributed by atoms with Crippen molar-refractivity contribution in [2.75, 3.05) is 11.9 Å². The second-order valence-corrected chi connectivity index (χ2v) is 5.33. The van der Waals surface area contributed by atoms with E-state index in [2.05, 4.69) is 26.2 Å². The van der Waals surface area contributed by atoms with Crippen LogP contribution in [0.25, 0.3) is 0 Å². The van der Waals surface area contributed by atoms with Gasteiger partial charge in [0, 0.05) is 23.0 Å². The van der Waals surface area contributed by atoms with E-state index in [1.54, 1.807) is 11.0 Å². The molecule has 2 aliphatic rings. The van der Waals surface area contributed by atoms with Gasteiger partial charge >= 0.3 is 6.03 Å². The Morgan fingerprint density at radius 3 is 3.11 bits per heavy atom. The van der Waals surface area contributed by atoms with Gasteiger partial charge in [0.2, 0.25) is 0 Å². The number of hydrogen-bond acceptors (Lipinski definition) is 2. The fraction of sp³-hybridized carbons (Fsp3) is 0.385. The van der Waals surface area contributed by atoms with E-state index in [1.807, 2.05) is 13.0 Å². The summed E-state index contributed by atoms with van der Waals surface area (Å²) in [6.07, 6.45) is 0.828. The Morgan fingerprint density at radius 1 is 1.58 bits per heavy atom. The number of hydrogen-bond donors (Lipinski definition) is 1. The maximum absolute atomic E-state index is 14.3. The standard InChI is InChI=1S/C13H13BrFN3O/c1-7-4-5-18-12(16-7)9-3-2-8(6-14)10(15)11(9)17-13(18)19/h2-3,7H,4-6H2,1H3,(H,17,19)/t7-/m1/s1. The Hall–Kier alpha value is -1.43. The molecule has 1 N–H and O–H groups in total. The molecule has 1 aromatic rings. The highest BCUT2D eigenvalue weighted by atomic mass is 79.9. The lowest BCUT2D eigenvalue weighted by Crippen LogP contribution is -2.48. The Bertz CT molecular complexity index is 587. The first kappa shape index (κ1) is 12.6. The van der Waals surface area contributed by atoms with Crippen LogP contribution in [0.1, 0.15) is 24.5 Å². The van der Waals surface area contributed by atoms with E-state index in [0.29, 0.717) is 28.8 Å². The maximum Gasteiger partial charge on any atom is 0.327 e. The van der Waals surface area contributed by atoms with Crippen LogP contribution < -0.4 is 5.32 Å². The van der Waals surface area contributed by atoms with E-state index in [1.165, 1.54) is 0 Å². The fourth-order valence-electron chi connectivity index (χ4n) is 2.38. The molecule has 2 amide bonds. The SMILES string of the molecule is C[C@@H]1CCN2C(=O)Nc3c(ccc(CBr)c3F)C2=N1. The average molecular weight is 326 g/mol. The second kappa shape index (κ2) is 4.59. The number of aliphatic imine (C=N–C) groups is 1. The van der Waals surface area contributed by atoms with Crippen molar-refractivity contribution in [2.45, 2.75) is 24.7 Å². The molecule has 2 heterocycles. The van der Waals surface area contributed by atoms with Gasteiger partial charge in [0.1, 0.15) is 5.84 Å². The fourth-order valence-corrected chi connectivity index (χ4v) is 2.82. The van der Waals surface area contributed by atoms with Crippen LogP contribution in [0.2, 0.25) is 0 Å². The molecule has 0 aromatic heterocycles. The van der Waals surface area contributed by atoms with E-state index in [4.69, 9.17) is 0 Å². The van der Waals surface area contributed by atoms with E-state index < -0.39 is 0 Å². The van der Waals surface area contributed by atoms with Crippen molar-refractivity contribution >= 4 is 33.5 Å². The third-order valence-electron chi connectivity index (χ3n) is 3.45. The van der Waals surface area contributed by atoms with Crippen molar-refractivity contribution in [3.8, 4) is 0 Å². The molecule has 0 bridgehead atoms. The van der Waals surface area contributed by atoms with Gasteiger partial charge in [-0.3, -0.25) is 9.89 Å². The first-order valence-electron chi connectivity index (χ1n) is 6.16. The van der Waals surface area contributed by atoms with Crippen LogP contribution in [0.4, 0.5) is 14.9 Å². The zero-order chi connectivity index (χ0) is 13.6. The molecule has 1 atom stereocenters. The number of amidine groups is 1. The van der Waals surface area contributed by atoms with Crippen LogP contribution in [-0.2, 0) is 5.33 Å². The summed E-state index contributed by atoms with van der Waals surface area (Å²) in [4.78, 5) is 18.1. The predicted molar refractivity (Wildman–Crippen MR) is 75.4 cm³/mol. The molecule has 0 radical (unpaired) electrons. The third-order valence-corrected chi connectivity index (χ3v) is 4.06. The summed E-state index contributed by atoms with van der Waals surface area (Å²) in [5, 5.41) is 3.04. The first-order valence-corrected chi connectivity index (χ1v) is 7.28. The lowest BCUT2D eigenvalue weighted by molar-refractivity contribution is 0.229. The normalized spacial score (nSPS) is 21.4. The van der Waals surface area contributed by atoms with Crippen molar-refractivity contribution in [3.63, 3.8) is 0 Å². The lowest BCUT2D eigenvalue weighted by Gasteiger charge is -2.35. The van der Waals surface area contributed by atoms with Gasteiger partial charge in [-0.05, 0) is 19.4 Å². The highest BCUT2D eigenvalue weighted by molar-refractivity contribution is 9.08. The number of fused-ring (bicyclic) bond motifs is 3. The number of carbonyl (C=O) groups is 1. The molecule has 0 aliphatic carbocycles. The largest absolute Gasteiger partial charge is 0.327 e. The van der Waals surface area contributed by atoms with Crippen LogP contribution in [0.5, 0.6) is 0 Å². The topological polar surface area (TPSA) is 44.7 Å². The van der Waals surface area contributed by atoms with E-state index in [9.17, 15) is 9.18 Å². The zero-order valence-electron chi connectivity index (χ0n) is 10.4. The number of halogens is 2. The van der Waals surface area contributed by atoms with Gasteiger partial charge in [-0.25, -0.2) is 9.18 Å². The zero-order valence-corrected chi connectivity index (χ0v) is 12.0. The summed E-state index contributed by atoms with van der Waals surface area (Å²) >= 11 is 3.24. The smallest absolute Gasteiger partial charge is 0.304 e. The Morgan fingerprint density at radius 2 is 2.37 bits per heavy atom. The Kier molecular flexibility index (Phi) is 3.05. The van der Waals surface area contributed by atoms with Gasteiger partial charge in [-0.15, -0.1) is 0 Å². The van der Waals surface area contributed by atoms with Crippen molar-refractivity contribution in [2.24, 2.45) is 4.99 Å². The van der Waals surface area contributed by atoms with Crippen LogP contribution >= 0.6 is 15.9 Å². The maximum atomic E-state index is 14.3. The number of urea groups is 1. The molecule has 3 rings (SSSR count). The summed E-state index contributed by atoms with van der Waals surface area (Å²) in [5.41, 5.74) is 1.43. The number of rotatable bonds is 1. The summed E-state index contributed by atoms with van der Waals surface area (Å²) < 4.78 is 14.3. The van der Waals surface area contributed by atoms with Crippen molar-refractivity contribution in [1.29, 1.82) is 0 Å². The van der Waals surface area contributed by atoms with Crippen molar-refractivity contribution < 1.29 is 9.18 Å². The van der Waals surface area contributed by atoms with E-state index in [-0.39, 0.29) is 23.6 Å². The number of carbonyl (C=O) groups excluding carboxylic acids is 1. The number of nitrogens with zero attached hydrogens (tertiary/aromatic N) is 2. The molecule has 6 heteroatoms. The monoisotopic (exact) mass is 325 g/mol. The van der Waals surface area contributed by atoms with Crippen LogP contribution in [0, 0.1) is 5.82 Å². The molecule has 4 nitrogen and oxygen atoms in total. The molecule has 0 fully saturated rings. The van der Waals surface area contributed by atoms with Crippen molar-refractivity contribution in [3.05, 3.63) is 29.1 Å². The molecule has 0 spiro atoms. The summed E-state index contributed by atoms with van der Waals surface area (Å²) in [6.45, 7) is 2.62. The highest BCUT2D eigenvalue weighted by Gasteiger charge is 2.34. The minimum Gasteiger partial charge on any atom is -0.304 e. The molecular formula is C13H13BrFN3O. The summed E-state index contributed by atoms with van der Waals surface area (Å²) in [5.74, 6) is 0.195. The van der Waals surface area contributed by atoms with E-state index in [0.717, 1.165) is 6.42 Å². The molecular weight excluding hydrogens is 313 g/mol. The molecule has 100 valence electrons. The van der Waals surface area contributed by atoms with Gasteiger partial charge in [0.15, 0.2) is 5.82 Å². The molecule has 2 aliphatic heterocycles. The Balaban J connectivity index is 2.18. The van der Waals surface area contributed by atoms with Crippen molar-refractivity contribution in [1.82, 2.24) is 4.90 Å². The van der Waals surface area contributed by atoms with Crippen LogP contribution in [-0.4, -0.2) is 29.4 Å². The highest BCUT2D eigenvalue weighted by Crippen LogP contribution is 2.31.